The third-order valence-corrected chi connectivity index (χ3v) is 4.56. The van der Waals surface area contributed by atoms with Gasteiger partial charge >= 0.3 is 0 Å². The van der Waals surface area contributed by atoms with E-state index in [1.165, 1.54) is 50.9 Å². The maximum absolute atomic E-state index is 4.83. The van der Waals surface area contributed by atoms with Crippen LogP contribution in [0.4, 0.5) is 0 Å². The second kappa shape index (κ2) is 5.17. The zero-order chi connectivity index (χ0) is 13.4. The fraction of sp³-hybridized carbons (Fsp3) is 0.625. The van der Waals surface area contributed by atoms with Crippen molar-refractivity contribution in [1.29, 1.82) is 0 Å². The van der Waals surface area contributed by atoms with Gasteiger partial charge in [-0.25, -0.2) is 9.97 Å². The highest BCUT2D eigenvalue weighted by atomic mass is 15.2. The molecule has 4 rings (SSSR count). The largest absolute Gasteiger partial charge is 0.314 e. The van der Waals surface area contributed by atoms with Crippen molar-refractivity contribution in [2.75, 3.05) is 6.54 Å². The van der Waals surface area contributed by atoms with Gasteiger partial charge in [-0.15, -0.1) is 0 Å². The van der Waals surface area contributed by atoms with E-state index in [-0.39, 0.29) is 0 Å². The molecule has 2 aromatic rings. The van der Waals surface area contributed by atoms with E-state index in [0.717, 1.165) is 17.6 Å². The summed E-state index contributed by atoms with van der Waals surface area (Å²) in [6, 6.07) is 5.41. The minimum Gasteiger partial charge on any atom is -0.314 e. The van der Waals surface area contributed by atoms with Gasteiger partial charge in [0.15, 0.2) is 5.65 Å². The number of nitrogens with one attached hydrogen (secondary N) is 1. The normalized spacial score (nSPS) is 23.3. The van der Waals surface area contributed by atoms with E-state index in [9.17, 15) is 0 Å². The standard InChI is InChI=1S/C16H22N4/c1-2-10-17-12(4-1)6-9-15-19-14-5-3-11-18-16(14)20(15)13-7-8-13/h3,5,11-13,17H,1-2,4,6-10H2. The number of hydrogen-bond acceptors (Lipinski definition) is 3. The Morgan fingerprint density at radius 1 is 1.25 bits per heavy atom. The molecule has 1 unspecified atom stereocenters. The summed E-state index contributed by atoms with van der Waals surface area (Å²) in [4.78, 5) is 9.37. The Hall–Kier alpha value is -1.42. The van der Waals surface area contributed by atoms with Crippen LogP contribution >= 0.6 is 0 Å². The van der Waals surface area contributed by atoms with Gasteiger partial charge < -0.3 is 9.88 Å². The highest BCUT2D eigenvalue weighted by molar-refractivity contribution is 5.71. The second-order valence-corrected chi connectivity index (χ2v) is 6.16. The van der Waals surface area contributed by atoms with E-state index < -0.39 is 0 Å². The summed E-state index contributed by atoms with van der Waals surface area (Å²) in [6.45, 7) is 1.19. The molecule has 4 nitrogen and oxygen atoms in total. The fourth-order valence-electron chi connectivity index (χ4n) is 3.34. The lowest BCUT2D eigenvalue weighted by atomic mass is 10.0. The van der Waals surface area contributed by atoms with Crippen LogP contribution in [-0.2, 0) is 6.42 Å². The minimum absolute atomic E-state index is 0.657. The molecule has 0 aromatic carbocycles. The first kappa shape index (κ1) is 12.3. The lowest BCUT2D eigenvalue weighted by molar-refractivity contribution is 0.379. The zero-order valence-electron chi connectivity index (χ0n) is 11.9. The molecule has 106 valence electrons. The number of aromatic nitrogens is 3. The van der Waals surface area contributed by atoms with Crippen LogP contribution in [0, 0.1) is 0 Å². The number of hydrogen-bond donors (Lipinski definition) is 1. The summed E-state index contributed by atoms with van der Waals surface area (Å²) in [5.41, 5.74) is 2.15. The van der Waals surface area contributed by atoms with E-state index >= 15 is 0 Å². The van der Waals surface area contributed by atoms with Crippen molar-refractivity contribution in [2.45, 2.75) is 57.0 Å². The molecule has 1 atom stereocenters. The highest BCUT2D eigenvalue weighted by Gasteiger charge is 2.28. The average molecular weight is 270 g/mol. The lowest BCUT2D eigenvalue weighted by Crippen LogP contribution is -2.34. The van der Waals surface area contributed by atoms with Gasteiger partial charge in [0.1, 0.15) is 11.3 Å². The lowest BCUT2D eigenvalue weighted by Gasteiger charge is -2.23. The second-order valence-electron chi connectivity index (χ2n) is 6.16. The third kappa shape index (κ3) is 2.33. The molecule has 1 aliphatic heterocycles. The predicted molar refractivity (Wildman–Crippen MR) is 79.8 cm³/mol. The molecule has 0 bridgehead atoms. The minimum atomic E-state index is 0.657. The number of piperidine rings is 1. The molecule has 1 saturated carbocycles. The molecule has 4 heteroatoms. The van der Waals surface area contributed by atoms with Gasteiger partial charge in [-0.2, -0.15) is 0 Å². The van der Waals surface area contributed by atoms with Crippen molar-refractivity contribution in [3.05, 3.63) is 24.2 Å². The average Bonchev–Trinajstić information content (AvgIpc) is 3.27. The van der Waals surface area contributed by atoms with Gasteiger partial charge in [-0.3, -0.25) is 0 Å². The molecule has 2 aliphatic rings. The maximum atomic E-state index is 4.83. The van der Waals surface area contributed by atoms with Crippen LogP contribution in [-0.4, -0.2) is 27.1 Å². The van der Waals surface area contributed by atoms with Crippen molar-refractivity contribution >= 4 is 11.2 Å². The van der Waals surface area contributed by atoms with Gasteiger partial charge in [-0.1, -0.05) is 6.42 Å². The van der Waals surface area contributed by atoms with E-state index in [4.69, 9.17) is 4.98 Å². The summed E-state index contributed by atoms with van der Waals surface area (Å²) in [7, 11) is 0. The van der Waals surface area contributed by atoms with Crippen LogP contribution in [0.1, 0.15) is 50.4 Å². The summed E-state index contributed by atoms with van der Waals surface area (Å²) in [5.74, 6) is 1.24. The van der Waals surface area contributed by atoms with Crippen molar-refractivity contribution < 1.29 is 0 Å². The Morgan fingerprint density at radius 2 is 2.20 bits per heavy atom. The maximum Gasteiger partial charge on any atom is 0.160 e. The molecule has 0 spiro atoms. The van der Waals surface area contributed by atoms with Crippen molar-refractivity contribution in [3.8, 4) is 0 Å². The predicted octanol–water partition coefficient (Wildman–Crippen LogP) is 2.84. The Balaban J connectivity index is 1.57. The molecule has 0 radical (unpaired) electrons. The molecule has 20 heavy (non-hydrogen) atoms. The molecule has 1 saturated heterocycles. The van der Waals surface area contributed by atoms with Crippen LogP contribution in [0.15, 0.2) is 18.3 Å². The molecule has 3 heterocycles. The zero-order valence-corrected chi connectivity index (χ0v) is 11.9. The molecule has 2 fully saturated rings. The highest BCUT2D eigenvalue weighted by Crippen LogP contribution is 2.38. The molecule has 0 amide bonds. The number of aryl methyl sites for hydroxylation is 1. The first-order chi connectivity index (χ1) is 9.92. The SMILES string of the molecule is c1cnc2c(c1)nc(CCC1CCCCN1)n2C1CC1. The van der Waals surface area contributed by atoms with Gasteiger partial charge in [-0.05, 0) is 50.8 Å². The van der Waals surface area contributed by atoms with Crippen LogP contribution in [0.5, 0.6) is 0 Å². The summed E-state index contributed by atoms with van der Waals surface area (Å²) >= 11 is 0. The monoisotopic (exact) mass is 270 g/mol. The van der Waals surface area contributed by atoms with Crippen molar-refractivity contribution in [3.63, 3.8) is 0 Å². The molecule has 1 aliphatic carbocycles. The van der Waals surface area contributed by atoms with Crippen LogP contribution in [0.3, 0.4) is 0 Å². The summed E-state index contributed by atoms with van der Waals surface area (Å²) in [5, 5.41) is 3.63. The van der Waals surface area contributed by atoms with Crippen LogP contribution in [0.25, 0.3) is 11.2 Å². The van der Waals surface area contributed by atoms with Crippen molar-refractivity contribution in [2.24, 2.45) is 0 Å². The number of rotatable bonds is 4. The van der Waals surface area contributed by atoms with Crippen LogP contribution in [0.2, 0.25) is 0 Å². The quantitative estimate of drug-likeness (QED) is 0.929. The summed E-state index contributed by atoms with van der Waals surface area (Å²) in [6.07, 6.45) is 10.8. The van der Waals surface area contributed by atoms with Gasteiger partial charge in [0.2, 0.25) is 0 Å². The Bertz CT molecular complexity index is 594. The van der Waals surface area contributed by atoms with E-state index in [0.29, 0.717) is 12.1 Å². The van der Waals surface area contributed by atoms with Gasteiger partial charge in [0, 0.05) is 24.7 Å². The Labute approximate surface area is 119 Å². The molecular formula is C16H22N4. The first-order valence-electron chi connectivity index (χ1n) is 7.97. The molecular weight excluding hydrogens is 248 g/mol. The fourth-order valence-corrected chi connectivity index (χ4v) is 3.34. The topological polar surface area (TPSA) is 42.7 Å². The number of fused-ring (bicyclic) bond motifs is 1. The first-order valence-corrected chi connectivity index (χ1v) is 7.97. The third-order valence-electron chi connectivity index (χ3n) is 4.56. The van der Waals surface area contributed by atoms with E-state index in [1.54, 1.807) is 0 Å². The number of imidazole rings is 1. The number of nitrogens with zero attached hydrogens (tertiary/aromatic N) is 3. The molecule has 2 aromatic heterocycles. The van der Waals surface area contributed by atoms with Crippen LogP contribution < -0.4 is 5.32 Å². The van der Waals surface area contributed by atoms with Gasteiger partial charge in [0.05, 0.1) is 0 Å². The Kier molecular flexibility index (Phi) is 3.19. The van der Waals surface area contributed by atoms with Gasteiger partial charge in [0.25, 0.3) is 0 Å². The smallest absolute Gasteiger partial charge is 0.160 e. The summed E-state index contributed by atoms with van der Waals surface area (Å²) < 4.78 is 2.40. The van der Waals surface area contributed by atoms with E-state index in [2.05, 4.69) is 20.9 Å². The Morgan fingerprint density at radius 3 is 3.00 bits per heavy atom. The van der Waals surface area contributed by atoms with Crippen molar-refractivity contribution in [1.82, 2.24) is 19.9 Å². The van der Waals surface area contributed by atoms with E-state index in [1.807, 2.05) is 12.3 Å². The molecule has 1 N–H and O–H groups in total. The number of pyridine rings is 1.